The monoisotopic (exact) mass is 417 g/mol. The molecule has 2 heterocycles. The Kier molecular flexibility index (Phi) is 4.77. The topological polar surface area (TPSA) is 82.2 Å². The first kappa shape index (κ1) is 19.3. The number of carbonyl (C=O) groups is 1. The lowest BCUT2D eigenvalue weighted by molar-refractivity contribution is -0.114. The molecule has 0 bridgehead atoms. The van der Waals surface area contributed by atoms with Gasteiger partial charge in [-0.1, -0.05) is 42.5 Å². The lowest BCUT2D eigenvalue weighted by Gasteiger charge is -2.15. The number of carbonyl (C=O) groups excluding carboxylic acids is 1. The van der Waals surface area contributed by atoms with Crippen molar-refractivity contribution in [2.45, 2.75) is 6.92 Å². The number of nitriles is 1. The molecule has 0 fully saturated rings. The molecular weight excluding hydrogens is 398 g/mol. The molecule has 0 unspecified atom stereocenters. The molecule has 32 heavy (non-hydrogen) atoms. The van der Waals surface area contributed by atoms with Crippen LogP contribution >= 0.6 is 0 Å². The van der Waals surface area contributed by atoms with E-state index in [0.717, 1.165) is 39.4 Å². The van der Waals surface area contributed by atoms with Gasteiger partial charge in [0.2, 0.25) is 5.91 Å². The van der Waals surface area contributed by atoms with E-state index in [2.05, 4.69) is 16.7 Å². The number of rotatable bonds is 4. The van der Waals surface area contributed by atoms with Gasteiger partial charge in [0.05, 0.1) is 11.0 Å². The lowest BCUT2D eigenvalue weighted by atomic mass is 10.0. The standard InChI is InChI=1S/C26H19N5O/c1-17(32)28-19-11-13-20(14-12-19)29-25-15-21(18-7-3-2-4-8-18)22(16-27)26-30-23-9-5-6-10-24(23)31(25)26/h2-15,29H,1H3,(H,28,32). The summed E-state index contributed by atoms with van der Waals surface area (Å²) in [5, 5.41) is 16.3. The van der Waals surface area contributed by atoms with Gasteiger partial charge >= 0.3 is 0 Å². The number of imidazole rings is 1. The van der Waals surface area contributed by atoms with E-state index in [1.165, 1.54) is 6.92 Å². The molecule has 5 aromatic rings. The molecule has 5 rings (SSSR count). The van der Waals surface area contributed by atoms with E-state index in [4.69, 9.17) is 4.98 Å². The number of nitrogens with one attached hydrogen (secondary N) is 2. The number of benzene rings is 3. The quantitative estimate of drug-likeness (QED) is 0.391. The Morgan fingerprint density at radius 3 is 2.34 bits per heavy atom. The van der Waals surface area contributed by atoms with Crippen LogP contribution in [0.4, 0.5) is 17.2 Å². The molecule has 0 spiro atoms. The van der Waals surface area contributed by atoms with Crippen LogP contribution in [0.25, 0.3) is 27.8 Å². The van der Waals surface area contributed by atoms with Crippen molar-refractivity contribution in [1.29, 1.82) is 5.26 Å². The summed E-state index contributed by atoms with van der Waals surface area (Å²) in [5.41, 5.74) is 6.20. The molecule has 0 aliphatic heterocycles. The minimum absolute atomic E-state index is 0.114. The predicted molar refractivity (Wildman–Crippen MR) is 127 cm³/mol. The van der Waals surface area contributed by atoms with Gasteiger partial charge in [-0.25, -0.2) is 4.98 Å². The summed E-state index contributed by atoms with van der Waals surface area (Å²) in [4.78, 5) is 16.1. The van der Waals surface area contributed by atoms with Crippen LogP contribution in [0, 0.1) is 11.3 Å². The Morgan fingerprint density at radius 1 is 0.938 bits per heavy atom. The van der Waals surface area contributed by atoms with Crippen LogP contribution in [0.2, 0.25) is 0 Å². The van der Waals surface area contributed by atoms with E-state index in [1.54, 1.807) is 0 Å². The Balaban J connectivity index is 1.72. The summed E-state index contributed by atoms with van der Waals surface area (Å²) in [5.74, 6) is 0.677. The number of amides is 1. The number of nitrogens with zero attached hydrogens (tertiary/aromatic N) is 3. The zero-order valence-electron chi connectivity index (χ0n) is 17.3. The van der Waals surface area contributed by atoms with Crippen molar-refractivity contribution in [3.63, 3.8) is 0 Å². The SMILES string of the molecule is CC(=O)Nc1ccc(Nc2cc(-c3ccccc3)c(C#N)c3nc4ccccc4n23)cc1. The third kappa shape index (κ3) is 3.42. The number of pyridine rings is 1. The highest BCUT2D eigenvalue weighted by Crippen LogP contribution is 2.34. The molecule has 0 radical (unpaired) electrons. The number of para-hydroxylation sites is 2. The van der Waals surface area contributed by atoms with Crippen molar-refractivity contribution >= 4 is 39.8 Å². The van der Waals surface area contributed by atoms with Gasteiger partial charge in [0, 0.05) is 23.9 Å². The van der Waals surface area contributed by atoms with Crippen molar-refractivity contribution < 1.29 is 4.79 Å². The van der Waals surface area contributed by atoms with E-state index in [9.17, 15) is 10.1 Å². The van der Waals surface area contributed by atoms with Gasteiger partial charge in [-0.2, -0.15) is 5.26 Å². The summed E-state index contributed by atoms with van der Waals surface area (Å²) in [6, 6.07) is 29.5. The van der Waals surface area contributed by atoms with Crippen molar-refractivity contribution in [2.75, 3.05) is 10.6 Å². The number of fused-ring (bicyclic) bond motifs is 3. The van der Waals surface area contributed by atoms with Crippen LogP contribution in [-0.2, 0) is 4.79 Å². The molecule has 1 amide bonds. The second-order valence-electron chi connectivity index (χ2n) is 7.44. The normalized spacial score (nSPS) is 10.8. The van der Waals surface area contributed by atoms with Gasteiger partial charge < -0.3 is 10.6 Å². The Hall–Kier alpha value is -4.63. The van der Waals surface area contributed by atoms with E-state index in [1.807, 2.05) is 89.3 Å². The maximum atomic E-state index is 11.3. The van der Waals surface area contributed by atoms with Crippen LogP contribution in [0.3, 0.4) is 0 Å². The molecule has 0 saturated carbocycles. The molecule has 6 nitrogen and oxygen atoms in total. The van der Waals surface area contributed by atoms with E-state index in [0.29, 0.717) is 11.2 Å². The highest BCUT2D eigenvalue weighted by Gasteiger charge is 2.18. The fourth-order valence-electron chi connectivity index (χ4n) is 3.87. The average molecular weight is 417 g/mol. The smallest absolute Gasteiger partial charge is 0.221 e. The van der Waals surface area contributed by atoms with Crippen LogP contribution in [0.15, 0.2) is 84.9 Å². The minimum Gasteiger partial charge on any atom is -0.341 e. The maximum absolute atomic E-state index is 11.3. The van der Waals surface area contributed by atoms with Crippen LogP contribution in [-0.4, -0.2) is 15.3 Å². The molecule has 2 aromatic heterocycles. The van der Waals surface area contributed by atoms with Crippen molar-refractivity contribution in [2.24, 2.45) is 0 Å². The van der Waals surface area contributed by atoms with Gasteiger partial charge in [-0.3, -0.25) is 9.20 Å². The summed E-state index contributed by atoms with van der Waals surface area (Å²) in [6.45, 7) is 1.48. The number of hydrogen-bond acceptors (Lipinski definition) is 4. The zero-order valence-corrected chi connectivity index (χ0v) is 17.3. The number of anilines is 3. The highest BCUT2D eigenvalue weighted by atomic mass is 16.1. The van der Waals surface area contributed by atoms with E-state index >= 15 is 0 Å². The van der Waals surface area contributed by atoms with E-state index < -0.39 is 0 Å². The van der Waals surface area contributed by atoms with E-state index in [-0.39, 0.29) is 5.91 Å². The zero-order chi connectivity index (χ0) is 22.1. The molecule has 0 aliphatic carbocycles. The van der Waals surface area contributed by atoms with Crippen LogP contribution in [0.1, 0.15) is 12.5 Å². The largest absolute Gasteiger partial charge is 0.341 e. The summed E-state index contributed by atoms with van der Waals surface area (Å²) in [7, 11) is 0. The molecular formula is C26H19N5O. The third-order valence-corrected chi connectivity index (χ3v) is 5.25. The van der Waals surface area contributed by atoms with Crippen LogP contribution in [0.5, 0.6) is 0 Å². The lowest BCUT2D eigenvalue weighted by Crippen LogP contribution is -2.06. The first-order valence-electron chi connectivity index (χ1n) is 10.2. The molecule has 0 aliphatic rings. The van der Waals surface area contributed by atoms with Gasteiger partial charge in [-0.05, 0) is 48.0 Å². The average Bonchev–Trinajstić information content (AvgIpc) is 3.20. The van der Waals surface area contributed by atoms with Crippen molar-refractivity contribution in [1.82, 2.24) is 9.38 Å². The first-order valence-corrected chi connectivity index (χ1v) is 10.2. The second-order valence-corrected chi connectivity index (χ2v) is 7.44. The first-order chi connectivity index (χ1) is 15.6. The maximum Gasteiger partial charge on any atom is 0.221 e. The molecule has 0 atom stereocenters. The fourth-order valence-corrected chi connectivity index (χ4v) is 3.87. The number of hydrogen-bond donors (Lipinski definition) is 2. The fraction of sp³-hybridized carbons (Fsp3) is 0.0385. The Bertz CT molecular complexity index is 1500. The van der Waals surface area contributed by atoms with Crippen molar-refractivity contribution in [3.05, 3.63) is 90.5 Å². The second kappa shape index (κ2) is 7.89. The highest BCUT2D eigenvalue weighted by molar-refractivity contribution is 5.91. The summed E-state index contributed by atoms with van der Waals surface area (Å²) in [6.07, 6.45) is 0. The van der Waals surface area contributed by atoms with Gasteiger partial charge in [-0.15, -0.1) is 0 Å². The molecule has 0 saturated heterocycles. The van der Waals surface area contributed by atoms with Crippen molar-refractivity contribution in [3.8, 4) is 17.2 Å². The van der Waals surface area contributed by atoms with Crippen LogP contribution < -0.4 is 10.6 Å². The Labute approximate surface area is 184 Å². The molecule has 3 aromatic carbocycles. The van der Waals surface area contributed by atoms with Gasteiger partial charge in [0.15, 0.2) is 5.65 Å². The summed E-state index contributed by atoms with van der Waals surface area (Å²) >= 11 is 0. The summed E-state index contributed by atoms with van der Waals surface area (Å²) < 4.78 is 1.97. The number of aromatic nitrogens is 2. The van der Waals surface area contributed by atoms with Gasteiger partial charge in [0.1, 0.15) is 17.5 Å². The molecule has 6 heteroatoms. The molecule has 2 N–H and O–H groups in total. The minimum atomic E-state index is -0.114. The predicted octanol–water partition coefficient (Wildman–Crippen LogP) is 5.73. The Morgan fingerprint density at radius 2 is 1.62 bits per heavy atom. The molecule has 154 valence electrons. The third-order valence-electron chi connectivity index (χ3n) is 5.25. The van der Waals surface area contributed by atoms with Gasteiger partial charge in [0.25, 0.3) is 0 Å².